The molecule has 1 aromatic rings. The maximum atomic E-state index is 14.2. The monoisotopic (exact) mass is 301 g/mol. The van der Waals surface area contributed by atoms with E-state index in [1.54, 1.807) is 13.8 Å². The summed E-state index contributed by atoms with van der Waals surface area (Å²) in [7, 11) is 0. The van der Waals surface area contributed by atoms with Crippen molar-refractivity contribution in [2.75, 3.05) is 6.54 Å². The number of halogens is 2. The van der Waals surface area contributed by atoms with Crippen LogP contribution in [0.2, 0.25) is 0 Å². The van der Waals surface area contributed by atoms with Crippen LogP contribution < -0.4 is 5.32 Å². The van der Waals surface area contributed by atoms with Gasteiger partial charge in [-0.15, -0.1) is 0 Å². The van der Waals surface area contributed by atoms with Crippen LogP contribution in [0, 0.1) is 13.8 Å². The van der Waals surface area contributed by atoms with Gasteiger partial charge in [0, 0.05) is 0 Å². The van der Waals surface area contributed by atoms with E-state index in [0.717, 1.165) is 6.42 Å². The molecule has 0 aliphatic heterocycles. The van der Waals surface area contributed by atoms with Gasteiger partial charge >= 0.3 is 0 Å². The van der Waals surface area contributed by atoms with Crippen molar-refractivity contribution in [3.05, 3.63) is 23.2 Å². The first kappa shape index (κ1) is 15.9. The Kier molecular flexibility index (Phi) is 4.37. The average molecular weight is 301 g/mol. The van der Waals surface area contributed by atoms with E-state index in [2.05, 4.69) is 5.32 Å². The lowest BCUT2D eigenvalue weighted by atomic mass is 9.80. The fraction of sp³-hybridized carbons (Fsp3) is 0.667. The quantitative estimate of drug-likeness (QED) is 0.898. The molecular formula is C15H21F2NO3. The summed E-state index contributed by atoms with van der Waals surface area (Å²) in [6, 6.07) is 1.51. The highest BCUT2D eigenvalue weighted by Gasteiger charge is 2.52. The highest BCUT2D eigenvalue weighted by atomic mass is 19.3. The highest BCUT2D eigenvalue weighted by Crippen LogP contribution is 2.40. The molecule has 0 unspecified atom stereocenters. The van der Waals surface area contributed by atoms with Crippen LogP contribution in [0.1, 0.15) is 54.0 Å². The van der Waals surface area contributed by atoms with Crippen LogP contribution in [0.25, 0.3) is 0 Å². The molecule has 1 aromatic heterocycles. The van der Waals surface area contributed by atoms with Crippen LogP contribution >= 0.6 is 0 Å². The van der Waals surface area contributed by atoms with Gasteiger partial charge in [-0.05, 0) is 32.8 Å². The molecule has 0 spiro atoms. The molecule has 21 heavy (non-hydrogen) atoms. The number of aliphatic hydroxyl groups is 1. The molecule has 0 bridgehead atoms. The first-order valence-electron chi connectivity index (χ1n) is 7.21. The van der Waals surface area contributed by atoms with Gasteiger partial charge in [-0.3, -0.25) is 4.79 Å². The second kappa shape index (κ2) is 5.75. The predicted molar refractivity (Wildman–Crippen MR) is 73.5 cm³/mol. The molecule has 1 saturated carbocycles. The standard InChI is InChI=1S/C15H21F2NO3/c1-10-8-12(11(2)21-10)13(19)18-9-15(16,17)14(20)6-4-3-5-7-14/h8,20H,3-7,9H2,1-2H3,(H,18,19). The first-order chi connectivity index (χ1) is 9.75. The number of amides is 1. The Morgan fingerprint density at radius 2 is 2.00 bits per heavy atom. The van der Waals surface area contributed by atoms with E-state index in [1.165, 1.54) is 6.07 Å². The molecule has 1 aliphatic rings. The summed E-state index contributed by atoms with van der Waals surface area (Å²) in [4.78, 5) is 11.9. The third-order valence-corrected chi connectivity index (χ3v) is 4.12. The van der Waals surface area contributed by atoms with E-state index in [0.29, 0.717) is 24.4 Å². The Balaban J connectivity index is 2.01. The van der Waals surface area contributed by atoms with E-state index in [9.17, 15) is 18.7 Å². The Morgan fingerprint density at radius 1 is 1.38 bits per heavy atom. The van der Waals surface area contributed by atoms with Crippen LogP contribution in [0.4, 0.5) is 8.78 Å². The van der Waals surface area contributed by atoms with Crippen molar-refractivity contribution in [2.24, 2.45) is 0 Å². The summed E-state index contributed by atoms with van der Waals surface area (Å²) in [5, 5.41) is 12.3. The van der Waals surface area contributed by atoms with Crippen molar-refractivity contribution in [3.63, 3.8) is 0 Å². The van der Waals surface area contributed by atoms with E-state index in [4.69, 9.17) is 4.42 Å². The van der Waals surface area contributed by atoms with E-state index < -0.39 is 24.0 Å². The lowest BCUT2D eigenvalue weighted by Crippen LogP contribution is -2.55. The molecule has 0 atom stereocenters. The second-order valence-electron chi connectivity index (χ2n) is 5.81. The summed E-state index contributed by atoms with van der Waals surface area (Å²) < 4.78 is 33.6. The topological polar surface area (TPSA) is 62.5 Å². The number of carbonyl (C=O) groups excluding carboxylic acids is 1. The third kappa shape index (κ3) is 3.26. The minimum Gasteiger partial charge on any atom is -0.466 e. The zero-order valence-electron chi connectivity index (χ0n) is 12.3. The van der Waals surface area contributed by atoms with Gasteiger partial charge in [0.15, 0.2) is 0 Å². The number of furan rings is 1. The van der Waals surface area contributed by atoms with Crippen molar-refractivity contribution in [1.82, 2.24) is 5.32 Å². The lowest BCUT2D eigenvalue weighted by molar-refractivity contribution is -0.191. The van der Waals surface area contributed by atoms with Crippen molar-refractivity contribution < 1.29 is 23.1 Å². The van der Waals surface area contributed by atoms with Crippen LogP contribution in [0.15, 0.2) is 10.5 Å². The number of alkyl halides is 2. The van der Waals surface area contributed by atoms with Gasteiger partial charge in [0.25, 0.3) is 11.8 Å². The average Bonchev–Trinajstić information content (AvgIpc) is 2.76. The first-order valence-corrected chi connectivity index (χ1v) is 7.21. The maximum absolute atomic E-state index is 14.2. The minimum atomic E-state index is -3.34. The van der Waals surface area contributed by atoms with Crippen molar-refractivity contribution >= 4 is 5.91 Å². The molecule has 2 rings (SSSR count). The number of nitrogens with one attached hydrogen (secondary N) is 1. The van der Waals surface area contributed by atoms with Crippen LogP contribution in [0.5, 0.6) is 0 Å². The maximum Gasteiger partial charge on any atom is 0.293 e. The zero-order valence-corrected chi connectivity index (χ0v) is 12.3. The molecule has 0 aromatic carbocycles. The molecule has 2 N–H and O–H groups in total. The van der Waals surface area contributed by atoms with Gasteiger partial charge in [-0.25, -0.2) is 8.78 Å². The van der Waals surface area contributed by atoms with Gasteiger partial charge in [0.2, 0.25) is 0 Å². The fourth-order valence-electron chi connectivity index (χ4n) is 2.81. The van der Waals surface area contributed by atoms with Gasteiger partial charge in [0.05, 0.1) is 12.1 Å². The normalized spacial score (nSPS) is 18.5. The summed E-state index contributed by atoms with van der Waals surface area (Å²) in [5.74, 6) is -3.00. The summed E-state index contributed by atoms with van der Waals surface area (Å²) in [6.07, 6.45) is 2.16. The second-order valence-corrected chi connectivity index (χ2v) is 5.81. The molecule has 0 radical (unpaired) electrons. The number of aryl methyl sites for hydroxylation is 2. The van der Waals surface area contributed by atoms with Gasteiger partial charge in [-0.2, -0.15) is 0 Å². The van der Waals surface area contributed by atoms with E-state index in [-0.39, 0.29) is 18.4 Å². The van der Waals surface area contributed by atoms with Crippen molar-refractivity contribution in [1.29, 1.82) is 0 Å². The molecule has 1 aliphatic carbocycles. The third-order valence-electron chi connectivity index (χ3n) is 4.12. The molecule has 1 heterocycles. The van der Waals surface area contributed by atoms with Crippen molar-refractivity contribution in [2.45, 2.75) is 57.5 Å². The molecular weight excluding hydrogens is 280 g/mol. The fourth-order valence-corrected chi connectivity index (χ4v) is 2.81. The number of hydrogen-bond acceptors (Lipinski definition) is 3. The summed E-state index contributed by atoms with van der Waals surface area (Å²) >= 11 is 0. The van der Waals surface area contributed by atoms with E-state index >= 15 is 0 Å². The number of rotatable bonds is 4. The molecule has 118 valence electrons. The molecule has 1 fully saturated rings. The van der Waals surface area contributed by atoms with Crippen molar-refractivity contribution in [3.8, 4) is 0 Å². The smallest absolute Gasteiger partial charge is 0.293 e. The number of hydrogen-bond donors (Lipinski definition) is 2. The molecule has 4 nitrogen and oxygen atoms in total. The van der Waals surface area contributed by atoms with Crippen LogP contribution in [-0.4, -0.2) is 29.1 Å². The SMILES string of the molecule is Cc1cc(C(=O)NCC(F)(F)C2(O)CCCCC2)c(C)o1. The van der Waals surface area contributed by atoms with E-state index in [1.807, 2.05) is 0 Å². The molecule has 6 heteroatoms. The lowest BCUT2D eigenvalue weighted by Gasteiger charge is -2.38. The predicted octanol–water partition coefficient (Wildman–Crippen LogP) is 2.96. The summed E-state index contributed by atoms with van der Waals surface area (Å²) in [5.41, 5.74) is -1.76. The Labute approximate surface area is 122 Å². The Hall–Kier alpha value is -1.43. The van der Waals surface area contributed by atoms with Crippen LogP contribution in [0.3, 0.4) is 0 Å². The minimum absolute atomic E-state index is 0.0692. The Morgan fingerprint density at radius 3 is 2.52 bits per heavy atom. The summed E-state index contributed by atoms with van der Waals surface area (Å²) in [6.45, 7) is 2.42. The van der Waals surface area contributed by atoms with Gasteiger partial charge < -0.3 is 14.8 Å². The largest absolute Gasteiger partial charge is 0.466 e. The highest BCUT2D eigenvalue weighted by molar-refractivity contribution is 5.95. The zero-order chi connectivity index (χ0) is 15.7. The van der Waals surface area contributed by atoms with Crippen LogP contribution in [-0.2, 0) is 0 Å². The number of carbonyl (C=O) groups is 1. The van der Waals surface area contributed by atoms with Gasteiger partial charge in [-0.1, -0.05) is 19.3 Å². The van der Waals surface area contributed by atoms with Gasteiger partial charge in [0.1, 0.15) is 17.1 Å². The Bertz CT molecular complexity index is 519. The molecule has 0 saturated heterocycles. The molecule has 1 amide bonds.